The Morgan fingerprint density at radius 3 is 2.53 bits per heavy atom. The molecule has 17 heavy (non-hydrogen) atoms. The van der Waals surface area contributed by atoms with Crippen molar-refractivity contribution in [3.05, 3.63) is 28.1 Å². The molecule has 0 spiro atoms. The number of rotatable bonds is 4. The van der Waals surface area contributed by atoms with Gasteiger partial charge in [0.25, 0.3) is 9.05 Å². The summed E-state index contributed by atoms with van der Waals surface area (Å²) in [6, 6.07) is 1.46. The first-order chi connectivity index (χ1) is 7.79. The summed E-state index contributed by atoms with van der Waals surface area (Å²) in [4.78, 5) is 8.95. The highest BCUT2D eigenvalue weighted by Crippen LogP contribution is 2.37. The maximum absolute atomic E-state index is 13.2. The average Bonchev–Trinajstić information content (AvgIpc) is 2.15. The molecule has 6 nitrogen and oxygen atoms in total. The molecule has 0 aliphatic heterocycles. The van der Waals surface area contributed by atoms with Gasteiger partial charge in [-0.2, -0.15) is 4.39 Å². The second-order valence-electron chi connectivity index (χ2n) is 2.85. The van der Waals surface area contributed by atoms with Crippen LogP contribution in [0.4, 0.5) is 10.1 Å². The van der Waals surface area contributed by atoms with Crippen molar-refractivity contribution in [2.75, 3.05) is 6.61 Å². The van der Waals surface area contributed by atoms with Crippen molar-refractivity contribution in [3.8, 4) is 5.75 Å². The van der Waals surface area contributed by atoms with Gasteiger partial charge >= 0.3 is 5.69 Å². The molecule has 0 saturated carbocycles. The number of nitro benzene ring substituents is 1. The molecule has 1 aromatic carbocycles. The number of hydrogen-bond donors (Lipinski definition) is 0. The summed E-state index contributed by atoms with van der Waals surface area (Å²) in [5.41, 5.74) is -1.05. The predicted octanol–water partition coefficient (Wildman–Crippen LogP) is 2.06. The van der Waals surface area contributed by atoms with Crippen LogP contribution in [0.1, 0.15) is 6.92 Å². The molecule has 9 heteroatoms. The van der Waals surface area contributed by atoms with E-state index in [1.807, 2.05) is 0 Å². The fourth-order valence-electron chi connectivity index (χ4n) is 1.17. The van der Waals surface area contributed by atoms with Crippen LogP contribution in [0, 0.1) is 15.9 Å². The van der Waals surface area contributed by atoms with Crippen LogP contribution >= 0.6 is 10.7 Å². The Hall–Kier alpha value is -1.41. The average molecular weight is 284 g/mol. The van der Waals surface area contributed by atoms with Crippen LogP contribution in [0.25, 0.3) is 0 Å². The maximum Gasteiger partial charge on any atom is 0.347 e. The van der Waals surface area contributed by atoms with Crippen LogP contribution in [0.5, 0.6) is 5.75 Å². The highest BCUT2D eigenvalue weighted by molar-refractivity contribution is 8.13. The van der Waals surface area contributed by atoms with E-state index in [1.165, 1.54) is 6.92 Å². The third-order valence-electron chi connectivity index (χ3n) is 1.78. The van der Waals surface area contributed by atoms with Gasteiger partial charge in [0.05, 0.1) is 11.5 Å². The molecule has 0 unspecified atom stereocenters. The van der Waals surface area contributed by atoms with Crippen molar-refractivity contribution in [1.82, 2.24) is 0 Å². The van der Waals surface area contributed by atoms with E-state index in [4.69, 9.17) is 15.4 Å². The van der Waals surface area contributed by atoms with E-state index in [0.29, 0.717) is 6.07 Å². The fraction of sp³-hybridized carbons (Fsp3) is 0.250. The Bertz CT molecular complexity index is 559. The lowest BCUT2D eigenvalue weighted by Crippen LogP contribution is -2.05. The van der Waals surface area contributed by atoms with E-state index in [2.05, 4.69) is 0 Å². The molecule has 0 aliphatic rings. The van der Waals surface area contributed by atoms with Gasteiger partial charge in [0.15, 0.2) is 0 Å². The van der Waals surface area contributed by atoms with Gasteiger partial charge in [-0.3, -0.25) is 10.1 Å². The molecule has 0 aromatic heterocycles. The van der Waals surface area contributed by atoms with Gasteiger partial charge in [-0.15, -0.1) is 0 Å². The standard InChI is InChI=1S/C8H7ClFNO5S/c1-2-16-8-6(17(9,14)15)4-3-5(10)7(8)11(12)13/h3-4H,2H2,1H3. The van der Waals surface area contributed by atoms with Crippen molar-refractivity contribution < 1.29 is 22.5 Å². The van der Waals surface area contributed by atoms with E-state index >= 15 is 0 Å². The topological polar surface area (TPSA) is 86.5 Å². The normalized spacial score (nSPS) is 11.2. The van der Waals surface area contributed by atoms with Crippen LogP contribution in [0.3, 0.4) is 0 Å². The number of hydrogen-bond acceptors (Lipinski definition) is 5. The van der Waals surface area contributed by atoms with Crippen molar-refractivity contribution in [3.63, 3.8) is 0 Å². The number of halogens is 2. The third-order valence-corrected chi connectivity index (χ3v) is 3.13. The van der Waals surface area contributed by atoms with Crippen LogP contribution in [0.15, 0.2) is 17.0 Å². The summed E-state index contributed by atoms with van der Waals surface area (Å²) in [6.45, 7) is 1.41. The lowest BCUT2D eigenvalue weighted by molar-refractivity contribution is -0.388. The molecule has 0 fully saturated rings. The minimum Gasteiger partial charge on any atom is -0.486 e. The molecule has 0 atom stereocenters. The Balaban J connectivity index is 3.65. The quantitative estimate of drug-likeness (QED) is 0.479. The molecule has 0 amide bonds. The van der Waals surface area contributed by atoms with Gasteiger partial charge in [-0.1, -0.05) is 0 Å². The summed E-state index contributed by atoms with van der Waals surface area (Å²) in [5.74, 6) is -1.88. The van der Waals surface area contributed by atoms with Gasteiger partial charge < -0.3 is 4.74 Å². The van der Waals surface area contributed by atoms with Crippen molar-refractivity contribution >= 4 is 25.4 Å². The van der Waals surface area contributed by atoms with Crippen LogP contribution in [-0.2, 0) is 9.05 Å². The monoisotopic (exact) mass is 283 g/mol. The van der Waals surface area contributed by atoms with E-state index in [-0.39, 0.29) is 6.61 Å². The van der Waals surface area contributed by atoms with Crippen molar-refractivity contribution in [1.29, 1.82) is 0 Å². The summed E-state index contributed by atoms with van der Waals surface area (Å²) in [6.07, 6.45) is 0. The second kappa shape index (κ2) is 4.84. The number of nitro groups is 1. The van der Waals surface area contributed by atoms with E-state index in [1.54, 1.807) is 0 Å². The van der Waals surface area contributed by atoms with Gasteiger partial charge in [0, 0.05) is 10.7 Å². The van der Waals surface area contributed by atoms with Gasteiger partial charge in [-0.05, 0) is 19.1 Å². The molecule has 0 bridgehead atoms. The zero-order valence-corrected chi connectivity index (χ0v) is 10.1. The van der Waals surface area contributed by atoms with E-state index in [0.717, 1.165) is 6.07 Å². The highest BCUT2D eigenvalue weighted by atomic mass is 35.7. The minimum atomic E-state index is -4.25. The molecule has 0 heterocycles. The molecule has 1 rings (SSSR count). The first kappa shape index (κ1) is 13.7. The van der Waals surface area contributed by atoms with Gasteiger partial charge in [0.2, 0.25) is 11.6 Å². The van der Waals surface area contributed by atoms with Crippen LogP contribution in [-0.4, -0.2) is 19.9 Å². The Labute approximate surface area is 101 Å². The van der Waals surface area contributed by atoms with Crippen LogP contribution < -0.4 is 4.74 Å². The SMILES string of the molecule is CCOc1c(S(=O)(=O)Cl)ccc(F)c1[N+](=O)[O-]. The second-order valence-corrected chi connectivity index (χ2v) is 5.39. The molecular weight excluding hydrogens is 277 g/mol. The maximum atomic E-state index is 13.2. The Morgan fingerprint density at radius 2 is 2.12 bits per heavy atom. The first-order valence-corrected chi connectivity index (χ1v) is 6.64. The molecule has 0 N–H and O–H groups in total. The van der Waals surface area contributed by atoms with Crippen LogP contribution in [0.2, 0.25) is 0 Å². The minimum absolute atomic E-state index is 0.0658. The lowest BCUT2D eigenvalue weighted by atomic mass is 10.3. The zero-order chi connectivity index (χ0) is 13.2. The van der Waals surface area contributed by atoms with Crippen molar-refractivity contribution in [2.45, 2.75) is 11.8 Å². The number of benzene rings is 1. The summed E-state index contributed by atoms with van der Waals surface area (Å²) in [5, 5.41) is 10.6. The predicted molar refractivity (Wildman–Crippen MR) is 57.3 cm³/mol. The lowest BCUT2D eigenvalue weighted by Gasteiger charge is -2.08. The van der Waals surface area contributed by atoms with Gasteiger partial charge in [0.1, 0.15) is 4.90 Å². The highest BCUT2D eigenvalue weighted by Gasteiger charge is 2.30. The first-order valence-electron chi connectivity index (χ1n) is 4.33. The molecule has 94 valence electrons. The zero-order valence-electron chi connectivity index (χ0n) is 8.51. The fourth-order valence-corrected chi connectivity index (χ4v) is 2.15. The largest absolute Gasteiger partial charge is 0.486 e. The molecular formula is C8H7ClFNO5S. The summed E-state index contributed by atoms with van der Waals surface area (Å²) >= 11 is 0. The molecule has 0 aliphatic carbocycles. The summed E-state index contributed by atoms with van der Waals surface area (Å²) in [7, 11) is 0.823. The Kier molecular flexibility index (Phi) is 3.89. The number of ether oxygens (including phenoxy) is 1. The van der Waals surface area contributed by atoms with E-state index < -0.39 is 36.1 Å². The van der Waals surface area contributed by atoms with Gasteiger partial charge in [-0.25, -0.2) is 8.42 Å². The summed E-state index contributed by atoms with van der Waals surface area (Å²) < 4.78 is 40.3. The molecule has 0 radical (unpaired) electrons. The molecule has 1 aromatic rings. The third kappa shape index (κ3) is 2.83. The smallest absolute Gasteiger partial charge is 0.347 e. The molecule has 0 saturated heterocycles. The van der Waals surface area contributed by atoms with E-state index in [9.17, 15) is 22.9 Å². The van der Waals surface area contributed by atoms with Crippen molar-refractivity contribution in [2.24, 2.45) is 0 Å². The Morgan fingerprint density at radius 1 is 1.53 bits per heavy atom. The number of nitrogens with zero attached hydrogens (tertiary/aromatic N) is 1.